The normalized spacial score (nSPS) is 17.3. The summed E-state index contributed by atoms with van der Waals surface area (Å²) in [6.45, 7) is 4.16. The van der Waals surface area contributed by atoms with Crippen LogP contribution in [0.2, 0.25) is 0 Å². The molecule has 0 spiro atoms. The van der Waals surface area contributed by atoms with E-state index in [4.69, 9.17) is 9.47 Å². The summed E-state index contributed by atoms with van der Waals surface area (Å²) in [5.74, 6) is 1.45. The number of H-pyrrole nitrogens is 1. The van der Waals surface area contributed by atoms with Crippen LogP contribution in [0.25, 0.3) is 10.9 Å². The molecule has 0 bridgehead atoms. The van der Waals surface area contributed by atoms with Crippen molar-refractivity contribution < 1.29 is 14.3 Å². The minimum Gasteiger partial charge on any atom is -0.493 e. The number of benzene rings is 2. The van der Waals surface area contributed by atoms with Crippen LogP contribution < -0.4 is 4.74 Å². The number of carbonyl (C=O) groups is 1. The van der Waals surface area contributed by atoms with E-state index in [2.05, 4.69) is 34.3 Å². The zero-order valence-electron chi connectivity index (χ0n) is 18.2. The maximum absolute atomic E-state index is 11.9. The van der Waals surface area contributed by atoms with E-state index in [1.807, 2.05) is 18.2 Å². The van der Waals surface area contributed by atoms with Gasteiger partial charge in [0.2, 0.25) is 0 Å². The summed E-state index contributed by atoms with van der Waals surface area (Å²) in [7, 11) is 1.42. The number of piperidine rings is 1. The molecule has 5 heteroatoms. The van der Waals surface area contributed by atoms with Crippen molar-refractivity contribution in [2.24, 2.45) is 0 Å². The number of nitrogens with one attached hydrogen (secondary N) is 1. The Hall–Kier alpha value is -2.79. The molecule has 2 aromatic carbocycles. The SMILES string of the molecule is COC(=O)c1ccc2[nH]cc(CCN3CCC(c4ccc5c(c4)CCCO5)CC3)c2c1. The van der Waals surface area contributed by atoms with Crippen LogP contribution in [-0.2, 0) is 17.6 Å². The van der Waals surface area contributed by atoms with Crippen molar-refractivity contribution >= 4 is 16.9 Å². The summed E-state index contributed by atoms with van der Waals surface area (Å²) in [5, 5.41) is 1.12. The molecular weight excluding hydrogens is 388 g/mol. The van der Waals surface area contributed by atoms with E-state index >= 15 is 0 Å². The number of aryl methyl sites for hydroxylation is 1. The standard InChI is InChI=1S/C26H30N2O3/c1-30-26(29)21-4-6-24-23(16-21)22(17-27-24)10-13-28-11-8-18(9-12-28)19-5-7-25-20(15-19)3-2-14-31-25/h4-7,15-18,27H,2-3,8-14H2,1H3. The number of nitrogens with zero attached hydrogens (tertiary/aromatic N) is 1. The summed E-state index contributed by atoms with van der Waals surface area (Å²) in [4.78, 5) is 17.8. The average molecular weight is 419 g/mol. The predicted molar refractivity (Wildman–Crippen MR) is 122 cm³/mol. The first-order valence-corrected chi connectivity index (χ1v) is 11.4. The summed E-state index contributed by atoms with van der Waals surface area (Å²) >= 11 is 0. The molecule has 31 heavy (non-hydrogen) atoms. The maximum atomic E-state index is 11.9. The van der Waals surface area contributed by atoms with Gasteiger partial charge in [0, 0.05) is 23.6 Å². The monoisotopic (exact) mass is 418 g/mol. The number of ether oxygens (including phenoxy) is 2. The van der Waals surface area contributed by atoms with Gasteiger partial charge in [0.25, 0.3) is 0 Å². The third-order valence-electron chi connectivity index (χ3n) is 6.88. The number of esters is 1. The van der Waals surface area contributed by atoms with Crippen LogP contribution in [0.3, 0.4) is 0 Å². The van der Waals surface area contributed by atoms with Gasteiger partial charge in [-0.1, -0.05) is 12.1 Å². The Labute approximate surface area is 183 Å². The minimum absolute atomic E-state index is 0.287. The number of methoxy groups -OCH3 is 1. The fourth-order valence-electron chi connectivity index (χ4n) is 5.03. The van der Waals surface area contributed by atoms with Gasteiger partial charge in [0.1, 0.15) is 5.75 Å². The van der Waals surface area contributed by atoms with E-state index in [0.29, 0.717) is 11.5 Å². The van der Waals surface area contributed by atoms with Crippen LogP contribution in [-0.4, -0.2) is 49.2 Å². The third-order valence-corrected chi connectivity index (χ3v) is 6.88. The Morgan fingerprint density at radius 1 is 1.19 bits per heavy atom. The lowest BCUT2D eigenvalue weighted by molar-refractivity contribution is 0.0601. The number of fused-ring (bicyclic) bond motifs is 2. The van der Waals surface area contributed by atoms with Crippen molar-refractivity contribution in [2.75, 3.05) is 33.4 Å². The number of carbonyl (C=O) groups excluding carboxylic acids is 1. The van der Waals surface area contributed by atoms with E-state index in [1.165, 1.54) is 36.6 Å². The molecule has 0 aliphatic carbocycles. The van der Waals surface area contributed by atoms with Crippen molar-refractivity contribution in [2.45, 2.75) is 38.0 Å². The average Bonchev–Trinajstić information content (AvgIpc) is 3.24. The van der Waals surface area contributed by atoms with Gasteiger partial charge in [-0.2, -0.15) is 0 Å². The van der Waals surface area contributed by atoms with Crippen LogP contribution >= 0.6 is 0 Å². The first-order valence-electron chi connectivity index (χ1n) is 11.4. The first-order chi connectivity index (χ1) is 15.2. The van der Waals surface area contributed by atoms with Gasteiger partial charge in [-0.05, 0) is 92.1 Å². The molecule has 0 unspecified atom stereocenters. The molecule has 5 nitrogen and oxygen atoms in total. The number of likely N-dealkylation sites (tertiary alicyclic amines) is 1. The lowest BCUT2D eigenvalue weighted by Crippen LogP contribution is -2.34. The minimum atomic E-state index is -0.287. The smallest absolute Gasteiger partial charge is 0.337 e. The summed E-state index contributed by atoms with van der Waals surface area (Å²) < 4.78 is 10.6. The van der Waals surface area contributed by atoms with E-state index in [9.17, 15) is 4.79 Å². The van der Waals surface area contributed by atoms with Gasteiger partial charge in [0.05, 0.1) is 19.3 Å². The molecular formula is C26H30N2O3. The molecule has 5 rings (SSSR count). The topological polar surface area (TPSA) is 54.6 Å². The second-order valence-corrected chi connectivity index (χ2v) is 8.75. The van der Waals surface area contributed by atoms with Crippen LogP contribution in [0, 0.1) is 0 Å². The van der Waals surface area contributed by atoms with Crippen LogP contribution in [0.15, 0.2) is 42.6 Å². The van der Waals surface area contributed by atoms with E-state index in [0.717, 1.165) is 62.2 Å². The van der Waals surface area contributed by atoms with E-state index in [-0.39, 0.29) is 5.97 Å². The molecule has 0 amide bonds. The number of hydrogen-bond acceptors (Lipinski definition) is 4. The fourth-order valence-corrected chi connectivity index (χ4v) is 5.03. The van der Waals surface area contributed by atoms with E-state index in [1.54, 1.807) is 0 Å². The van der Waals surface area contributed by atoms with Crippen molar-refractivity contribution in [3.8, 4) is 5.75 Å². The van der Waals surface area contributed by atoms with Gasteiger partial charge < -0.3 is 19.4 Å². The first kappa shape index (κ1) is 20.1. The summed E-state index contributed by atoms with van der Waals surface area (Å²) in [6.07, 6.45) is 7.74. The van der Waals surface area contributed by atoms with Crippen molar-refractivity contribution in [3.05, 3.63) is 64.8 Å². The molecule has 3 aromatic rings. The van der Waals surface area contributed by atoms with E-state index < -0.39 is 0 Å². The zero-order valence-corrected chi connectivity index (χ0v) is 18.2. The molecule has 0 radical (unpaired) electrons. The Morgan fingerprint density at radius 2 is 2.06 bits per heavy atom. The molecule has 1 fully saturated rings. The Morgan fingerprint density at radius 3 is 2.90 bits per heavy atom. The zero-order chi connectivity index (χ0) is 21.2. The fraction of sp³-hybridized carbons (Fsp3) is 0.423. The third kappa shape index (κ3) is 4.19. The number of aromatic amines is 1. The van der Waals surface area contributed by atoms with Gasteiger partial charge in [-0.15, -0.1) is 0 Å². The van der Waals surface area contributed by atoms with Gasteiger partial charge in [-0.25, -0.2) is 4.79 Å². The summed E-state index contributed by atoms with van der Waals surface area (Å²) in [5.41, 5.74) is 5.80. The molecule has 0 atom stereocenters. The molecule has 1 aromatic heterocycles. The van der Waals surface area contributed by atoms with Crippen molar-refractivity contribution in [1.29, 1.82) is 0 Å². The van der Waals surface area contributed by atoms with Crippen molar-refractivity contribution in [3.63, 3.8) is 0 Å². The highest BCUT2D eigenvalue weighted by Crippen LogP contribution is 2.33. The van der Waals surface area contributed by atoms with Crippen LogP contribution in [0.4, 0.5) is 0 Å². The highest BCUT2D eigenvalue weighted by Gasteiger charge is 2.22. The molecule has 1 saturated heterocycles. The number of aromatic nitrogens is 1. The highest BCUT2D eigenvalue weighted by molar-refractivity contribution is 5.95. The van der Waals surface area contributed by atoms with Gasteiger partial charge in [-0.3, -0.25) is 0 Å². The summed E-state index contributed by atoms with van der Waals surface area (Å²) in [6, 6.07) is 12.6. The lowest BCUT2D eigenvalue weighted by atomic mass is 9.87. The largest absolute Gasteiger partial charge is 0.493 e. The molecule has 1 N–H and O–H groups in total. The molecule has 3 heterocycles. The van der Waals surface area contributed by atoms with Crippen LogP contribution in [0.5, 0.6) is 5.75 Å². The number of rotatable bonds is 5. The Bertz CT molecular complexity index is 1080. The second-order valence-electron chi connectivity index (χ2n) is 8.75. The second kappa shape index (κ2) is 8.75. The Balaban J connectivity index is 1.19. The van der Waals surface area contributed by atoms with Crippen molar-refractivity contribution in [1.82, 2.24) is 9.88 Å². The predicted octanol–water partition coefficient (Wildman–Crippen LogP) is 4.70. The highest BCUT2D eigenvalue weighted by atomic mass is 16.5. The van der Waals surface area contributed by atoms with Gasteiger partial charge in [0.15, 0.2) is 0 Å². The molecule has 2 aliphatic heterocycles. The number of hydrogen-bond donors (Lipinski definition) is 1. The van der Waals surface area contributed by atoms with Crippen LogP contribution in [0.1, 0.15) is 52.2 Å². The quantitative estimate of drug-likeness (QED) is 0.610. The van der Waals surface area contributed by atoms with Gasteiger partial charge >= 0.3 is 5.97 Å². The molecule has 0 saturated carbocycles. The Kier molecular flexibility index (Phi) is 5.68. The lowest BCUT2D eigenvalue weighted by Gasteiger charge is -2.32. The molecule has 2 aliphatic rings. The molecule has 162 valence electrons. The maximum Gasteiger partial charge on any atom is 0.337 e.